The number of para-hydroxylation sites is 1. The van der Waals surface area contributed by atoms with Crippen molar-refractivity contribution < 1.29 is 19.1 Å². The second-order valence-electron chi connectivity index (χ2n) is 7.57. The third kappa shape index (κ3) is 7.37. The smallest absolute Gasteiger partial charge is 0.343 e. The molecule has 0 spiro atoms. The van der Waals surface area contributed by atoms with Crippen molar-refractivity contribution in [1.82, 2.24) is 0 Å². The summed E-state index contributed by atoms with van der Waals surface area (Å²) in [6.07, 6.45) is 6.80. The number of esters is 2. The normalized spacial score (nSPS) is 10.8. The number of hydrogen-bond donors (Lipinski definition) is 0. The molecule has 0 bridgehead atoms. The Kier molecular flexibility index (Phi) is 9.42. The molecular formula is C25H32O4. The zero-order valence-electron chi connectivity index (χ0n) is 17.8. The highest BCUT2D eigenvalue weighted by atomic mass is 16.5. The maximum absolute atomic E-state index is 12.6. The van der Waals surface area contributed by atoms with Crippen molar-refractivity contribution in [3.63, 3.8) is 0 Å². The van der Waals surface area contributed by atoms with Crippen molar-refractivity contribution in [3.8, 4) is 5.75 Å². The highest BCUT2D eigenvalue weighted by molar-refractivity contribution is 5.96. The SMILES string of the molecule is CCCCCCCCOC(=O)c1cccc(C(=O)Oc2ccccc2C(C)C)c1. The fraction of sp³-hybridized carbons (Fsp3) is 0.440. The minimum absolute atomic E-state index is 0.238. The second-order valence-corrected chi connectivity index (χ2v) is 7.57. The van der Waals surface area contributed by atoms with E-state index in [0.29, 0.717) is 23.5 Å². The van der Waals surface area contributed by atoms with Crippen LogP contribution < -0.4 is 4.74 Å². The lowest BCUT2D eigenvalue weighted by Gasteiger charge is -2.12. The predicted molar refractivity (Wildman–Crippen MR) is 116 cm³/mol. The minimum Gasteiger partial charge on any atom is -0.462 e. The van der Waals surface area contributed by atoms with Gasteiger partial charge in [-0.1, -0.05) is 77.1 Å². The first kappa shape index (κ1) is 22.7. The van der Waals surface area contributed by atoms with Crippen molar-refractivity contribution in [1.29, 1.82) is 0 Å². The van der Waals surface area contributed by atoms with Gasteiger partial charge in [0.05, 0.1) is 17.7 Å². The molecule has 0 N–H and O–H groups in total. The van der Waals surface area contributed by atoms with E-state index in [1.807, 2.05) is 32.0 Å². The van der Waals surface area contributed by atoms with Crippen molar-refractivity contribution in [2.45, 2.75) is 65.2 Å². The largest absolute Gasteiger partial charge is 0.462 e. The first-order chi connectivity index (χ1) is 14.0. The van der Waals surface area contributed by atoms with Crippen LogP contribution >= 0.6 is 0 Å². The van der Waals surface area contributed by atoms with Gasteiger partial charge in [-0.15, -0.1) is 0 Å². The molecule has 0 aliphatic carbocycles. The molecular weight excluding hydrogens is 364 g/mol. The molecule has 0 fully saturated rings. The lowest BCUT2D eigenvalue weighted by Crippen LogP contribution is -2.12. The molecule has 0 aromatic heterocycles. The lowest BCUT2D eigenvalue weighted by molar-refractivity contribution is 0.0497. The van der Waals surface area contributed by atoms with Gasteiger partial charge in [0.25, 0.3) is 0 Å². The van der Waals surface area contributed by atoms with Crippen LogP contribution in [-0.4, -0.2) is 18.5 Å². The molecule has 4 nitrogen and oxygen atoms in total. The van der Waals surface area contributed by atoms with Gasteiger partial charge in [-0.25, -0.2) is 9.59 Å². The summed E-state index contributed by atoms with van der Waals surface area (Å²) in [6.45, 7) is 6.69. The number of unbranched alkanes of at least 4 members (excludes halogenated alkanes) is 5. The zero-order chi connectivity index (χ0) is 21.1. The third-order valence-electron chi connectivity index (χ3n) is 4.81. The molecule has 0 unspecified atom stereocenters. The Balaban J connectivity index is 1.91. The number of hydrogen-bond acceptors (Lipinski definition) is 4. The van der Waals surface area contributed by atoms with Crippen LogP contribution in [0.5, 0.6) is 5.75 Å². The Bertz CT molecular complexity index is 795. The summed E-state index contributed by atoms with van der Waals surface area (Å²) in [4.78, 5) is 24.9. The van der Waals surface area contributed by atoms with Crippen LogP contribution in [0, 0.1) is 0 Å². The van der Waals surface area contributed by atoms with E-state index in [2.05, 4.69) is 6.92 Å². The highest BCUT2D eigenvalue weighted by Gasteiger charge is 2.15. The summed E-state index contributed by atoms with van der Waals surface area (Å²) in [5.74, 6) is -0.106. The number of rotatable bonds is 11. The van der Waals surface area contributed by atoms with Gasteiger partial charge in [0, 0.05) is 0 Å². The van der Waals surface area contributed by atoms with Crippen LogP contribution in [0.2, 0.25) is 0 Å². The molecule has 0 saturated heterocycles. The third-order valence-corrected chi connectivity index (χ3v) is 4.81. The number of benzene rings is 2. The molecule has 0 heterocycles. The quantitative estimate of drug-likeness (QED) is 0.246. The zero-order valence-corrected chi connectivity index (χ0v) is 17.8. The van der Waals surface area contributed by atoms with E-state index < -0.39 is 11.9 Å². The topological polar surface area (TPSA) is 52.6 Å². The minimum atomic E-state index is -0.483. The summed E-state index contributed by atoms with van der Waals surface area (Å²) >= 11 is 0. The summed E-state index contributed by atoms with van der Waals surface area (Å²) in [7, 11) is 0. The molecule has 156 valence electrons. The van der Waals surface area contributed by atoms with E-state index in [4.69, 9.17) is 9.47 Å². The first-order valence-corrected chi connectivity index (χ1v) is 10.6. The van der Waals surface area contributed by atoms with Gasteiger partial charge in [-0.2, -0.15) is 0 Å². The van der Waals surface area contributed by atoms with Gasteiger partial charge < -0.3 is 9.47 Å². The Labute approximate surface area is 174 Å². The van der Waals surface area contributed by atoms with Gasteiger partial charge in [-0.3, -0.25) is 0 Å². The molecule has 2 rings (SSSR count). The van der Waals surface area contributed by atoms with Gasteiger partial charge in [-0.05, 0) is 42.2 Å². The summed E-state index contributed by atoms with van der Waals surface area (Å²) in [5, 5.41) is 0. The Morgan fingerprint density at radius 2 is 1.48 bits per heavy atom. The van der Waals surface area contributed by atoms with Crippen molar-refractivity contribution in [2.24, 2.45) is 0 Å². The maximum Gasteiger partial charge on any atom is 0.343 e. The number of carbonyl (C=O) groups is 2. The number of carbonyl (C=O) groups excluding carboxylic acids is 2. The van der Waals surface area contributed by atoms with Crippen LogP contribution in [-0.2, 0) is 4.74 Å². The fourth-order valence-electron chi connectivity index (χ4n) is 3.11. The maximum atomic E-state index is 12.6. The van der Waals surface area contributed by atoms with Crippen molar-refractivity contribution in [3.05, 3.63) is 65.2 Å². The average molecular weight is 397 g/mol. The summed E-state index contributed by atoms with van der Waals surface area (Å²) in [5.41, 5.74) is 1.66. The van der Waals surface area contributed by atoms with Crippen molar-refractivity contribution >= 4 is 11.9 Å². The van der Waals surface area contributed by atoms with Crippen molar-refractivity contribution in [2.75, 3.05) is 6.61 Å². The van der Waals surface area contributed by atoms with Crippen LogP contribution in [0.15, 0.2) is 48.5 Å². The Hall–Kier alpha value is -2.62. The van der Waals surface area contributed by atoms with Crippen LogP contribution in [0.25, 0.3) is 0 Å². The molecule has 0 saturated carbocycles. The van der Waals surface area contributed by atoms with Crippen LogP contribution in [0.3, 0.4) is 0 Å². The van der Waals surface area contributed by atoms with E-state index in [-0.39, 0.29) is 5.92 Å². The highest BCUT2D eigenvalue weighted by Crippen LogP contribution is 2.26. The van der Waals surface area contributed by atoms with E-state index >= 15 is 0 Å². The molecule has 0 radical (unpaired) electrons. The molecule has 0 aliphatic rings. The molecule has 2 aromatic carbocycles. The summed E-state index contributed by atoms with van der Waals surface area (Å²) in [6, 6.07) is 14.0. The second kappa shape index (κ2) is 12.1. The van der Waals surface area contributed by atoms with E-state index in [9.17, 15) is 9.59 Å². The predicted octanol–water partition coefficient (Wildman–Crippen LogP) is 6.55. The molecule has 0 amide bonds. The first-order valence-electron chi connectivity index (χ1n) is 10.6. The Morgan fingerprint density at radius 3 is 2.21 bits per heavy atom. The standard InChI is InChI=1S/C25H32O4/c1-4-5-6-7-8-11-17-28-24(26)20-13-12-14-21(18-20)25(27)29-23-16-10-9-15-22(23)19(2)3/h9-10,12-16,18-19H,4-8,11,17H2,1-3H3. The Morgan fingerprint density at radius 1 is 0.828 bits per heavy atom. The number of ether oxygens (including phenoxy) is 2. The monoisotopic (exact) mass is 396 g/mol. The lowest BCUT2D eigenvalue weighted by atomic mass is 10.0. The van der Waals surface area contributed by atoms with E-state index in [1.165, 1.54) is 31.7 Å². The summed E-state index contributed by atoms with van der Waals surface area (Å²) < 4.78 is 10.9. The van der Waals surface area contributed by atoms with Gasteiger partial charge in [0.2, 0.25) is 0 Å². The molecule has 0 aliphatic heterocycles. The van der Waals surface area contributed by atoms with Gasteiger partial charge in [0.1, 0.15) is 5.75 Å². The van der Waals surface area contributed by atoms with E-state index in [1.54, 1.807) is 24.3 Å². The fourth-order valence-corrected chi connectivity index (χ4v) is 3.11. The molecule has 29 heavy (non-hydrogen) atoms. The molecule has 4 heteroatoms. The molecule has 2 aromatic rings. The van der Waals surface area contributed by atoms with Crippen LogP contribution in [0.1, 0.15) is 91.5 Å². The van der Waals surface area contributed by atoms with Gasteiger partial charge >= 0.3 is 11.9 Å². The van der Waals surface area contributed by atoms with Gasteiger partial charge in [0.15, 0.2) is 0 Å². The average Bonchev–Trinajstić information content (AvgIpc) is 2.73. The molecule has 0 atom stereocenters. The van der Waals surface area contributed by atoms with E-state index in [0.717, 1.165) is 18.4 Å². The van der Waals surface area contributed by atoms with Crippen LogP contribution in [0.4, 0.5) is 0 Å².